The smallest absolute Gasteiger partial charge is 0.199 e. The van der Waals surface area contributed by atoms with Crippen LogP contribution in [0.2, 0.25) is 0 Å². The molecule has 134 valence electrons. The van der Waals surface area contributed by atoms with Crippen LogP contribution in [0.4, 0.5) is 0 Å². The van der Waals surface area contributed by atoms with Gasteiger partial charge in [0, 0.05) is 41.5 Å². The fourth-order valence-corrected chi connectivity index (χ4v) is 5.07. The molecule has 2 fully saturated rings. The van der Waals surface area contributed by atoms with E-state index >= 15 is 0 Å². The van der Waals surface area contributed by atoms with Crippen molar-refractivity contribution in [2.24, 2.45) is 0 Å². The highest BCUT2D eigenvalue weighted by molar-refractivity contribution is 7.71. The molecule has 1 saturated carbocycles. The van der Waals surface area contributed by atoms with Crippen LogP contribution in [0, 0.1) is 4.77 Å². The van der Waals surface area contributed by atoms with Crippen molar-refractivity contribution in [3.05, 3.63) is 51.7 Å². The lowest BCUT2D eigenvalue weighted by Gasteiger charge is -2.23. The number of pyridine rings is 1. The summed E-state index contributed by atoms with van der Waals surface area (Å²) in [4.78, 5) is 8.10. The van der Waals surface area contributed by atoms with E-state index in [1.165, 1.54) is 30.6 Å². The fraction of sp³-hybridized carbons (Fsp3) is 0.421. The number of hydrogen-bond donors (Lipinski definition) is 0. The van der Waals surface area contributed by atoms with E-state index in [1.54, 1.807) is 0 Å². The number of aromatic nitrogens is 4. The maximum Gasteiger partial charge on any atom is 0.199 e. The molecule has 3 aromatic rings. The third kappa shape index (κ3) is 2.94. The number of nitrogens with zero attached hydrogens (tertiary/aromatic N) is 5. The predicted octanol–water partition coefficient (Wildman–Crippen LogP) is 4.67. The van der Waals surface area contributed by atoms with Gasteiger partial charge in [0.25, 0.3) is 0 Å². The zero-order valence-electron chi connectivity index (χ0n) is 14.5. The first-order valence-electron chi connectivity index (χ1n) is 9.18. The molecular weight excluding hydrogens is 362 g/mol. The van der Waals surface area contributed by atoms with Crippen LogP contribution in [0.1, 0.15) is 42.6 Å². The van der Waals surface area contributed by atoms with Crippen molar-refractivity contribution in [3.8, 4) is 11.4 Å². The first-order valence-corrected chi connectivity index (χ1v) is 10.5. The van der Waals surface area contributed by atoms with Gasteiger partial charge in [-0.2, -0.15) is 5.10 Å². The van der Waals surface area contributed by atoms with Gasteiger partial charge in [-0.05, 0) is 61.5 Å². The van der Waals surface area contributed by atoms with Gasteiger partial charge in [0.2, 0.25) is 0 Å². The molecule has 1 atom stereocenters. The quantitative estimate of drug-likeness (QED) is 0.600. The normalized spacial score (nSPS) is 20.7. The van der Waals surface area contributed by atoms with E-state index in [4.69, 9.17) is 17.3 Å². The molecule has 3 aromatic heterocycles. The highest BCUT2D eigenvalue weighted by Gasteiger charge is 2.31. The highest BCUT2D eigenvalue weighted by Crippen LogP contribution is 2.39. The van der Waals surface area contributed by atoms with E-state index in [0.717, 1.165) is 29.4 Å². The van der Waals surface area contributed by atoms with Crippen molar-refractivity contribution in [2.75, 3.05) is 6.54 Å². The van der Waals surface area contributed by atoms with E-state index < -0.39 is 0 Å². The highest BCUT2D eigenvalue weighted by atomic mass is 32.1. The molecule has 0 amide bonds. The Morgan fingerprint density at radius 1 is 1.15 bits per heavy atom. The second-order valence-electron chi connectivity index (χ2n) is 7.07. The van der Waals surface area contributed by atoms with Crippen LogP contribution in [-0.4, -0.2) is 30.8 Å². The molecule has 0 aromatic carbocycles. The van der Waals surface area contributed by atoms with Gasteiger partial charge < -0.3 is 0 Å². The first kappa shape index (κ1) is 16.4. The Balaban J connectivity index is 1.49. The molecule has 1 aliphatic carbocycles. The Morgan fingerprint density at radius 2 is 2.00 bits per heavy atom. The average Bonchev–Trinajstić information content (AvgIpc) is 3.07. The zero-order valence-corrected chi connectivity index (χ0v) is 16.1. The van der Waals surface area contributed by atoms with Crippen LogP contribution in [0.15, 0.2) is 42.0 Å². The third-order valence-electron chi connectivity index (χ3n) is 5.27. The van der Waals surface area contributed by atoms with Crippen LogP contribution in [-0.2, 0) is 6.67 Å². The average molecular weight is 384 g/mol. The fourth-order valence-electron chi connectivity index (χ4n) is 3.84. The Kier molecular flexibility index (Phi) is 4.23. The van der Waals surface area contributed by atoms with Crippen LogP contribution >= 0.6 is 23.6 Å². The minimum Gasteiger partial charge on any atom is -0.297 e. The van der Waals surface area contributed by atoms with Crippen molar-refractivity contribution in [2.45, 2.75) is 44.4 Å². The summed E-state index contributed by atoms with van der Waals surface area (Å²) in [7, 11) is 0. The maximum atomic E-state index is 5.83. The van der Waals surface area contributed by atoms with Crippen molar-refractivity contribution >= 4 is 23.6 Å². The van der Waals surface area contributed by atoms with Gasteiger partial charge in [-0.3, -0.25) is 14.5 Å². The molecule has 7 heteroatoms. The number of thiophene rings is 1. The van der Waals surface area contributed by atoms with E-state index in [-0.39, 0.29) is 0 Å². The summed E-state index contributed by atoms with van der Waals surface area (Å²) in [5.74, 6) is 0.978. The molecule has 1 aliphatic heterocycles. The molecular formula is C19H21N5S2. The third-order valence-corrected chi connectivity index (χ3v) is 6.65. The second-order valence-corrected chi connectivity index (χ2v) is 8.41. The van der Waals surface area contributed by atoms with Gasteiger partial charge in [-0.1, -0.05) is 6.07 Å². The molecule has 0 bridgehead atoms. The van der Waals surface area contributed by atoms with Gasteiger partial charge >= 0.3 is 0 Å². The van der Waals surface area contributed by atoms with E-state index in [1.807, 2.05) is 40.5 Å². The van der Waals surface area contributed by atoms with Gasteiger partial charge in [-0.15, -0.1) is 11.3 Å². The Labute approximate surface area is 161 Å². The SMILES string of the molecule is S=c1n(CN2CCC[C@@H]2c2cccs2)nc(-c2ccncc2)n1C1CC1. The van der Waals surface area contributed by atoms with Gasteiger partial charge in [-0.25, -0.2) is 4.68 Å². The minimum atomic E-state index is 0.493. The lowest BCUT2D eigenvalue weighted by atomic mass is 10.2. The van der Waals surface area contributed by atoms with E-state index in [0.29, 0.717) is 12.1 Å². The summed E-state index contributed by atoms with van der Waals surface area (Å²) in [5.41, 5.74) is 1.09. The lowest BCUT2D eigenvalue weighted by Crippen LogP contribution is -2.26. The summed E-state index contributed by atoms with van der Waals surface area (Å²) in [6.45, 7) is 1.87. The standard InChI is InChI=1S/C19H21N5S2/c25-19-23(13-22-11-1-3-16(22)17-4-2-12-26-17)21-18(24(19)15-5-6-15)14-7-9-20-10-8-14/h2,4,7-10,12,15-16H,1,3,5-6,11,13H2/t16-/m1/s1. The van der Waals surface area contributed by atoms with Crippen LogP contribution in [0.3, 0.4) is 0 Å². The Morgan fingerprint density at radius 3 is 2.73 bits per heavy atom. The molecule has 0 N–H and O–H groups in total. The monoisotopic (exact) mass is 383 g/mol. The molecule has 26 heavy (non-hydrogen) atoms. The van der Waals surface area contributed by atoms with Crippen LogP contribution in [0.25, 0.3) is 11.4 Å². The second kappa shape index (κ2) is 6.72. The summed E-state index contributed by atoms with van der Waals surface area (Å²) < 4.78 is 5.12. The Bertz CT molecular complexity index is 940. The summed E-state index contributed by atoms with van der Waals surface area (Å²) in [5, 5.41) is 7.10. The molecule has 0 unspecified atom stereocenters. The minimum absolute atomic E-state index is 0.493. The topological polar surface area (TPSA) is 38.9 Å². The Hall–Kier alpha value is -1.83. The number of rotatable bonds is 5. The van der Waals surface area contributed by atoms with E-state index in [2.05, 4.69) is 32.0 Å². The zero-order chi connectivity index (χ0) is 17.5. The van der Waals surface area contributed by atoms with Crippen LogP contribution < -0.4 is 0 Å². The molecule has 5 rings (SSSR count). The van der Waals surface area contributed by atoms with Gasteiger partial charge in [0.1, 0.15) is 0 Å². The van der Waals surface area contributed by atoms with Crippen molar-refractivity contribution < 1.29 is 0 Å². The van der Waals surface area contributed by atoms with Gasteiger partial charge in [0.05, 0.1) is 6.67 Å². The molecule has 2 aliphatic rings. The van der Waals surface area contributed by atoms with Crippen LogP contribution in [0.5, 0.6) is 0 Å². The number of hydrogen-bond acceptors (Lipinski definition) is 5. The number of likely N-dealkylation sites (tertiary alicyclic amines) is 1. The maximum absolute atomic E-state index is 5.83. The van der Waals surface area contributed by atoms with Crippen molar-refractivity contribution in [1.29, 1.82) is 0 Å². The largest absolute Gasteiger partial charge is 0.297 e. The van der Waals surface area contributed by atoms with Crippen molar-refractivity contribution in [1.82, 2.24) is 24.2 Å². The van der Waals surface area contributed by atoms with Crippen molar-refractivity contribution in [3.63, 3.8) is 0 Å². The lowest BCUT2D eigenvalue weighted by molar-refractivity contribution is 0.192. The summed E-state index contributed by atoms with van der Waals surface area (Å²) >= 11 is 7.68. The predicted molar refractivity (Wildman–Crippen MR) is 106 cm³/mol. The first-order chi connectivity index (χ1) is 12.8. The summed E-state index contributed by atoms with van der Waals surface area (Å²) in [6.07, 6.45) is 8.48. The van der Waals surface area contributed by atoms with Gasteiger partial charge in [0.15, 0.2) is 10.6 Å². The molecule has 5 nitrogen and oxygen atoms in total. The molecule has 0 radical (unpaired) electrons. The molecule has 1 saturated heterocycles. The molecule has 4 heterocycles. The molecule has 0 spiro atoms. The summed E-state index contributed by atoms with van der Waals surface area (Å²) in [6, 6.07) is 9.43. The van der Waals surface area contributed by atoms with E-state index in [9.17, 15) is 0 Å².